The van der Waals surface area contributed by atoms with Gasteiger partial charge >= 0.3 is 0 Å². The summed E-state index contributed by atoms with van der Waals surface area (Å²) in [6, 6.07) is 2.76. The highest BCUT2D eigenvalue weighted by molar-refractivity contribution is 5.43. The van der Waals surface area contributed by atoms with Crippen LogP contribution in [0.15, 0.2) is 12.1 Å². The van der Waals surface area contributed by atoms with Gasteiger partial charge in [0, 0.05) is 18.2 Å². The molecule has 0 unspecified atom stereocenters. The number of benzene rings is 1. The lowest BCUT2D eigenvalue weighted by Gasteiger charge is -2.16. The summed E-state index contributed by atoms with van der Waals surface area (Å²) in [5.74, 6) is 0.376. The second-order valence-electron chi connectivity index (χ2n) is 3.67. The van der Waals surface area contributed by atoms with Crippen molar-refractivity contribution >= 4 is 0 Å². The zero-order valence-electron chi connectivity index (χ0n) is 9.17. The van der Waals surface area contributed by atoms with Crippen molar-refractivity contribution in [1.29, 1.82) is 0 Å². The maximum atomic E-state index is 13.2. The van der Waals surface area contributed by atoms with E-state index in [-0.39, 0.29) is 18.3 Å². The molecular weight excluding hydrogens is 197 g/mol. The Hall–Kier alpha value is -1.13. The fourth-order valence-corrected chi connectivity index (χ4v) is 1.70. The van der Waals surface area contributed by atoms with Crippen LogP contribution < -0.4 is 10.2 Å². The molecule has 1 rings (SSSR count). The van der Waals surface area contributed by atoms with Crippen molar-refractivity contribution in [3.8, 4) is 5.75 Å². The topological polar surface area (TPSA) is 41.5 Å². The largest absolute Gasteiger partial charge is 0.496 e. The lowest BCUT2D eigenvalue weighted by Crippen LogP contribution is -2.11. The van der Waals surface area contributed by atoms with Crippen LogP contribution in [0.3, 0.4) is 0 Å². The van der Waals surface area contributed by atoms with Crippen LogP contribution in [-0.4, -0.2) is 12.3 Å². The van der Waals surface area contributed by atoms with Gasteiger partial charge in [-0.2, -0.15) is 0 Å². The van der Waals surface area contributed by atoms with Gasteiger partial charge in [-0.3, -0.25) is 0 Å². The zero-order chi connectivity index (χ0) is 11.4. The number of rotatable bonds is 4. The van der Waals surface area contributed by atoms with Crippen LogP contribution in [0.5, 0.6) is 5.75 Å². The molecule has 0 radical (unpaired) electrons. The first-order valence-corrected chi connectivity index (χ1v) is 4.83. The summed E-state index contributed by atoms with van der Waals surface area (Å²) in [6.45, 7) is 4.20. The molecule has 0 fully saturated rings. The summed E-state index contributed by atoms with van der Waals surface area (Å²) >= 11 is 0. The Morgan fingerprint density at radius 1 is 1.47 bits per heavy atom. The van der Waals surface area contributed by atoms with Crippen LogP contribution in [-0.2, 0) is 6.54 Å². The molecule has 84 valence electrons. The van der Waals surface area contributed by atoms with Crippen LogP contribution in [0.2, 0.25) is 0 Å². The van der Waals surface area contributed by atoms with Gasteiger partial charge in [-0.15, -0.1) is 0 Å². The first-order chi connectivity index (χ1) is 7.10. The lowest BCUT2D eigenvalue weighted by molar-refractivity contribution is 0.160. The Bertz CT molecular complexity index is 340. The van der Waals surface area contributed by atoms with Gasteiger partial charge in [0.05, 0.1) is 7.11 Å². The van der Waals surface area contributed by atoms with Gasteiger partial charge in [-0.1, -0.05) is 13.8 Å². The van der Waals surface area contributed by atoms with Gasteiger partial charge in [0.2, 0.25) is 0 Å². The number of halogens is 1. The summed E-state index contributed by atoms with van der Waals surface area (Å²) in [5, 5.41) is 8.67. The van der Waals surface area contributed by atoms with Crippen LogP contribution in [0.1, 0.15) is 30.9 Å². The van der Waals surface area contributed by atoms with E-state index < -0.39 is 0 Å². The quantitative estimate of drug-likeness (QED) is 0.755. The molecule has 15 heavy (non-hydrogen) atoms. The predicted molar refractivity (Wildman–Crippen MR) is 55.7 cm³/mol. The monoisotopic (exact) mass is 213 g/mol. The van der Waals surface area contributed by atoms with E-state index >= 15 is 0 Å². The molecule has 0 saturated heterocycles. The van der Waals surface area contributed by atoms with Crippen molar-refractivity contribution in [1.82, 2.24) is 5.48 Å². The molecule has 2 N–H and O–H groups in total. The predicted octanol–water partition coefficient (Wildman–Crippen LogP) is 2.44. The Morgan fingerprint density at radius 3 is 2.60 bits per heavy atom. The van der Waals surface area contributed by atoms with Crippen molar-refractivity contribution < 1.29 is 14.3 Å². The van der Waals surface area contributed by atoms with Gasteiger partial charge in [0.25, 0.3) is 0 Å². The molecule has 0 aliphatic heterocycles. The Labute approximate surface area is 88.8 Å². The molecule has 1 aromatic rings. The molecule has 0 aliphatic carbocycles. The molecule has 0 atom stereocenters. The Kier molecular flexibility index (Phi) is 4.05. The second-order valence-corrected chi connectivity index (χ2v) is 3.67. The third-order valence-electron chi connectivity index (χ3n) is 2.26. The van der Waals surface area contributed by atoms with Crippen molar-refractivity contribution in [2.75, 3.05) is 7.11 Å². The SMILES string of the molecule is COc1cc(F)cc(CNO)c1C(C)C. The van der Waals surface area contributed by atoms with Gasteiger partial charge in [-0.25, -0.2) is 9.87 Å². The minimum absolute atomic E-state index is 0.210. The van der Waals surface area contributed by atoms with Crippen LogP contribution in [0.4, 0.5) is 4.39 Å². The van der Waals surface area contributed by atoms with E-state index in [9.17, 15) is 4.39 Å². The van der Waals surface area contributed by atoms with Crippen molar-refractivity contribution in [3.05, 3.63) is 29.1 Å². The minimum Gasteiger partial charge on any atom is -0.496 e. The van der Waals surface area contributed by atoms with E-state index in [4.69, 9.17) is 9.94 Å². The number of ether oxygens (including phenoxy) is 1. The van der Waals surface area contributed by atoms with E-state index in [2.05, 4.69) is 0 Å². The number of methoxy groups -OCH3 is 1. The van der Waals surface area contributed by atoms with Gasteiger partial charge in [0.15, 0.2) is 0 Å². The molecule has 0 aliphatic rings. The summed E-state index contributed by atoms with van der Waals surface area (Å²) in [6.07, 6.45) is 0. The van der Waals surface area contributed by atoms with Crippen LogP contribution in [0.25, 0.3) is 0 Å². The maximum Gasteiger partial charge on any atom is 0.127 e. The van der Waals surface area contributed by atoms with Crippen LogP contribution in [0, 0.1) is 5.82 Å². The fourth-order valence-electron chi connectivity index (χ4n) is 1.70. The molecule has 0 amide bonds. The maximum absolute atomic E-state index is 13.2. The van der Waals surface area contributed by atoms with E-state index in [1.165, 1.54) is 19.2 Å². The third kappa shape index (κ3) is 2.67. The zero-order valence-corrected chi connectivity index (χ0v) is 9.17. The highest BCUT2D eigenvalue weighted by Gasteiger charge is 2.14. The fraction of sp³-hybridized carbons (Fsp3) is 0.455. The number of hydroxylamine groups is 1. The normalized spacial score (nSPS) is 10.8. The molecule has 0 heterocycles. The van der Waals surface area contributed by atoms with E-state index in [0.717, 1.165) is 5.56 Å². The standard InChI is InChI=1S/C11H16FNO2/c1-7(2)11-8(6-13-14)4-9(12)5-10(11)15-3/h4-5,7,13-14H,6H2,1-3H3. The molecular formula is C11H16FNO2. The first-order valence-electron chi connectivity index (χ1n) is 4.83. The molecule has 3 nitrogen and oxygen atoms in total. The van der Waals surface area contributed by atoms with E-state index in [1.54, 1.807) is 0 Å². The summed E-state index contributed by atoms with van der Waals surface area (Å²) in [7, 11) is 1.51. The smallest absolute Gasteiger partial charge is 0.127 e. The number of hydrogen-bond acceptors (Lipinski definition) is 3. The van der Waals surface area contributed by atoms with Crippen molar-refractivity contribution in [2.45, 2.75) is 26.3 Å². The second kappa shape index (κ2) is 5.09. The summed E-state index contributed by atoms with van der Waals surface area (Å²) in [4.78, 5) is 0. The van der Waals surface area contributed by atoms with E-state index in [1.807, 2.05) is 19.3 Å². The molecule has 0 aromatic heterocycles. The molecule has 0 saturated carbocycles. The average molecular weight is 213 g/mol. The van der Waals surface area contributed by atoms with Crippen molar-refractivity contribution in [2.24, 2.45) is 0 Å². The average Bonchev–Trinajstić information content (AvgIpc) is 2.16. The van der Waals surface area contributed by atoms with E-state index in [0.29, 0.717) is 11.3 Å². The third-order valence-corrected chi connectivity index (χ3v) is 2.26. The molecule has 0 bridgehead atoms. The number of hydrogen-bond donors (Lipinski definition) is 2. The summed E-state index contributed by atoms with van der Waals surface area (Å²) < 4.78 is 18.3. The van der Waals surface area contributed by atoms with Crippen LogP contribution >= 0.6 is 0 Å². The van der Waals surface area contributed by atoms with Gasteiger partial charge < -0.3 is 9.94 Å². The van der Waals surface area contributed by atoms with Crippen molar-refractivity contribution in [3.63, 3.8) is 0 Å². The molecule has 4 heteroatoms. The highest BCUT2D eigenvalue weighted by Crippen LogP contribution is 2.30. The molecule has 0 spiro atoms. The molecule has 1 aromatic carbocycles. The number of nitrogens with one attached hydrogen (secondary N) is 1. The lowest BCUT2D eigenvalue weighted by atomic mass is 9.96. The minimum atomic E-state index is -0.360. The highest BCUT2D eigenvalue weighted by atomic mass is 19.1. The van der Waals surface area contributed by atoms with Gasteiger partial charge in [0.1, 0.15) is 11.6 Å². The Morgan fingerprint density at radius 2 is 2.13 bits per heavy atom. The van der Waals surface area contributed by atoms with Gasteiger partial charge in [-0.05, 0) is 17.5 Å². The summed E-state index contributed by atoms with van der Waals surface area (Å²) in [5.41, 5.74) is 3.67. The Balaban J connectivity index is 3.26. The first kappa shape index (κ1) is 11.9.